The summed E-state index contributed by atoms with van der Waals surface area (Å²) in [6.45, 7) is 0. The Labute approximate surface area is 145 Å². The minimum Gasteiger partial charge on any atom is -0.253 e. The monoisotopic (exact) mass is 344 g/mol. The first-order valence-corrected chi connectivity index (χ1v) is 6.92. The summed E-state index contributed by atoms with van der Waals surface area (Å²) in [6, 6.07) is 6.97. The zero-order valence-corrected chi connectivity index (χ0v) is 13.1. The summed E-state index contributed by atoms with van der Waals surface area (Å²) in [7, 11) is 0. The molecule has 23 heavy (non-hydrogen) atoms. The van der Waals surface area contributed by atoms with E-state index in [0.717, 1.165) is 12.1 Å². The topological polar surface area (TPSA) is 51.7 Å². The average molecular weight is 344 g/mol. The van der Waals surface area contributed by atoms with Gasteiger partial charge in [0, 0.05) is 6.20 Å². The van der Waals surface area contributed by atoms with Crippen LogP contribution in [0.5, 0.6) is 0 Å². The van der Waals surface area contributed by atoms with Crippen LogP contribution in [0.1, 0.15) is 0 Å². The standard InChI is InChI=1S/C17H12N4O.Fe/c22-17-20-12-6-5-11-15(20)19-16(18-13-7-1-2-8-13)21(17)14-9-3-4-10-14;/h1-12H;/q;+2. The maximum atomic E-state index is 12.8. The number of hydrogen-bond acceptors (Lipinski definition) is 3. The second kappa shape index (κ2) is 7.02. The van der Waals surface area contributed by atoms with Gasteiger partial charge in [0.1, 0.15) is 5.65 Å². The van der Waals surface area contributed by atoms with Crippen molar-refractivity contribution in [1.82, 2.24) is 14.0 Å². The van der Waals surface area contributed by atoms with Crippen LogP contribution in [0.4, 0.5) is 0 Å². The van der Waals surface area contributed by atoms with Crippen LogP contribution in [0.15, 0.2) is 34.2 Å². The molecule has 0 bridgehead atoms. The molecule has 6 heteroatoms. The first kappa shape index (κ1) is 16.5. The van der Waals surface area contributed by atoms with E-state index < -0.39 is 0 Å². The van der Waals surface area contributed by atoms with Crippen molar-refractivity contribution in [3.63, 3.8) is 0 Å². The van der Waals surface area contributed by atoms with E-state index in [0.29, 0.717) is 11.3 Å². The van der Waals surface area contributed by atoms with Gasteiger partial charge in [-0.05, 0) is 63.5 Å². The molecule has 4 rings (SSSR count). The van der Waals surface area contributed by atoms with Gasteiger partial charge in [0.05, 0.1) is 12.1 Å². The van der Waals surface area contributed by atoms with Crippen LogP contribution < -0.4 is 11.3 Å². The molecule has 112 valence electrons. The van der Waals surface area contributed by atoms with E-state index in [1.54, 1.807) is 18.3 Å². The van der Waals surface area contributed by atoms with Gasteiger partial charge in [0.25, 0.3) is 0 Å². The van der Waals surface area contributed by atoms with Crippen molar-refractivity contribution in [1.29, 1.82) is 0 Å². The zero-order valence-electron chi connectivity index (χ0n) is 12.0. The predicted molar refractivity (Wildman–Crippen MR) is 81.3 cm³/mol. The number of rotatable bonds is 2. The van der Waals surface area contributed by atoms with Crippen molar-refractivity contribution in [2.75, 3.05) is 0 Å². The van der Waals surface area contributed by atoms with Gasteiger partial charge < -0.3 is 0 Å². The van der Waals surface area contributed by atoms with Crippen LogP contribution in [0, 0.1) is 63.5 Å². The SMILES string of the molecule is O=c1n([C]2[CH][CH][CH][CH]2)c(=N[C]2[CH][CH][CH][CH]2)nc2ccccn12.[Fe+2]. The van der Waals surface area contributed by atoms with E-state index in [2.05, 4.69) is 9.98 Å². The van der Waals surface area contributed by atoms with E-state index in [1.165, 1.54) is 8.97 Å². The summed E-state index contributed by atoms with van der Waals surface area (Å²) in [4.78, 5) is 21.8. The summed E-state index contributed by atoms with van der Waals surface area (Å²) >= 11 is 0. The number of aromatic nitrogens is 3. The third-order valence-corrected chi connectivity index (χ3v) is 3.43. The Morgan fingerprint density at radius 3 is 2.39 bits per heavy atom. The summed E-state index contributed by atoms with van der Waals surface area (Å²) in [5, 5.41) is 0. The van der Waals surface area contributed by atoms with E-state index >= 15 is 0 Å². The van der Waals surface area contributed by atoms with Crippen LogP contribution in [0.2, 0.25) is 0 Å². The molecule has 2 fully saturated rings. The molecule has 0 atom stereocenters. The average Bonchev–Trinajstić information content (AvgIpc) is 3.21. The number of pyridine rings is 1. The summed E-state index contributed by atoms with van der Waals surface area (Å²) in [5.41, 5.74) is 0.747. The number of nitrogens with zero attached hydrogens (tertiary/aromatic N) is 4. The van der Waals surface area contributed by atoms with Crippen LogP contribution in [-0.2, 0) is 17.1 Å². The molecule has 0 N–H and O–H groups in total. The minimum absolute atomic E-state index is 0. The molecule has 0 amide bonds. The largest absolute Gasteiger partial charge is 2.00 e. The maximum Gasteiger partial charge on any atom is 2.00 e. The van der Waals surface area contributed by atoms with Crippen molar-refractivity contribution < 1.29 is 17.1 Å². The van der Waals surface area contributed by atoms with Gasteiger partial charge in [0.15, 0.2) is 0 Å². The van der Waals surface area contributed by atoms with Crippen LogP contribution in [-0.4, -0.2) is 14.0 Å². The van der Waals surface area contributed by atoms with Crippen LogP contribution in [0.3, 0.4) is 0 Å². The molecule has 0 spiro atoms. The van der Waals surface area contributed by atoms with Crippen molar-refractivity contribution in [3.8, 4) is 0 Å². The van der Waals surface area contributed by atoms with E-state index in [4.69, 9.17) is 0 Å². The van der Waals surface area contributed by atoms with Crippen LogP contribution in [0.25, 0.3) is 5.65 Å². The predicted octanol–water partition coefficient (Wildman–Crippen LogP) is 0.968. The fourth-order valence-corrected chi connectivity index (χ4v) is 2.40. The molecule has 5 nitrogen and oxygen atoms in total. The van der Waals surface area contributed by atoms with Gasteiger partial charge in [-0.1, -0.05) is 6.07 Å². The molecule has 2 saturated carbocycles. The molecule has 2 aromatic rings. The molecule has 0 aromatic carbocycles. The Hall–Kier alpha value is -1.39. The van der Waals surface area contributed by atoms with Gasteiger partial charge in [0.2, 0.25) is 5.62 Å². The number of hydrogen-bond donors (Lipinski definition) is 0. The third kappa shape index (κ3) is 3.15. The second-order valence-corrected chi connectivity index (χ2v) is 4.86. The molecule has 2 aliphatic carbocycles. The summed E-state index contributed by atoms with van der Waals surface area (Å²) in [6.07, 6.45) is 16.8. The first-order valence-electron chi connectivity index (χ1n) is 6.92. The molecule has 0 aliphatic heterocycles. The van der Waals surface area contributed by atoms with E-state index in [1.807, 2.05) is 57.4 Å². The molecular weight excluding hydrogens is 332 g/mol. The molecule has 2 aromatic heterocycles. The maximum absolute atomic E-state index is 12.8. The normalized spacial score (nSPS) is 20.3. The molecule has 10 radical (unpaired) electrons. The van der Waals surface area contributed by atoms with Gasteiger partial charge in [-0.25, -0.2) is 9.79 Å². The van der Waals surface area contributed by atoms with E-state index in [-0.39, 0.29) is 22.8 Å². The molecule has 0 unspecified atom stereocenters. The smallest absolute Gasteiger partial charge is 0.253 e. The van der Waals surface area contributed by atoms with Gasteiger partial charge in [-0.15, -0.1) is 0 Å². The Balaban J connectivity index is 0.00000156. The van der Waals surface area contributed by atoms with Crippen molar-refractivity contribution >= 4 is 5.65 Å². The second-order valence-electron chi connectivity index (χ2n) is 4.86. The molecular formula is C17H12FeN4O+2. The van der Waals surface area contributed by atoms with E-state index in [9.17, 15) is 4.79 Å². The molecule has 0 saturated heterocycles. The minimum atomic E-state index is -0.192. The van der Waals surface area contributed by atoms with Crippen molar-refractivity contribution in [2.45, 2.75) is 0 Å². The first-order chi connectivity index (χ1) is 10.8. The molecule has 2 aliphatic rings. The Bertz CT molecular complexity index is 798. The summed E-state index contributed by atoms with van der Waals surface area (Å²) in [5.74, 6) is 0. The van der Waals surface area contributed by atoms with Crippen molar-refractivity contribution in [3.05, 3.63) is 104 Å². The Kier molecular flexibility index (Phi) is 5.02. The fourth-order valence-electron chi connectivity index (χ4n) is 2.40. The van der Waals surface area contributed by atoms with Crippen LogP contribution >= 0.6 is 0 Å². The Morgan fingerprint density at radius 2 is 1.65 bits per heavy atom. The van der Waals surface area contributed by atoms with Gasteiger partial charge >= 0.3 is 22.8 Å². The third-order valence-electron chi connectivity index (χ3n) is 3.43. The summed E-state index contributed by atoms with van der Waals surface area (Å²) < 4.78 is 3.02. The quantitative estimate of drug-likeness (QED) is 0.763. The fraction of sp³-hybridized carbons (Fsp3) is 0. The van der Waals surface area contributed by atoms with Crippen molar-refractivity contribution in [2.24, 2.45) is 4.99 Å². The zero-order chi connectivity index (χ0) is 14.9. The Morgan fingerprint density at radius 1 is 0.957 bits per heavy atom. The van der Waals surface area contributed by atoms with Gasteiger partial charge in [-0.2, -0.15) is 4.98 Å². The number of fused-ring (bicyclic) bond motifs is 1. The molecule has 2 heterocycles. The van der Waals surface area contributed by atoms with Gasteiger partial charge in [-0.3, -0.25) is 8.97 Å².